The molecule has 0 radical (unpaired) electrons. The molecule has 0 spiro atoms. The first-order valence-corrected chi connectivity index (χ1v) is 6.33. The van der Waals surface area contributed by atoms with Crippen LogP contribution < -0.4 is 5.69 Å². The van der Waals surface area contributed by atoms with Crippen LogP contribution in [0.5, 0.6) is 0 Å². The molecule has 1 aromatic carbocycles. The molecule has 0 aliphatic rings. The number of hydrogen-bond donors (Lipinski definition) is 0. The largest absolute Gasteiger partial charge is 0.348 e. The van der Waals surface area contributed by atoms with Gasteiger partial charge in [-0.05, 0) is 18.2 Å². The Kier molecular flexibility index (Phi) is 4.35. The molecule has 0 fully saturated rings. The average molecular weight is 328 g/mol. The van der Waals surface area contributed by atoms with Gasteiger partial charge in [-0.15, -0.1) is 0 Å². The van der Waals surface area contributed by atoms with Crippen molar-refractivity contribution < 1.29 is 9.72 Å². The van der Waals surface area contributed by atoms with E-state index in [4.69, 9.17) is 23.2 Å². The van der Waals surface area contributed by atoms with Gasteiger partial charge in [0.1, 0.15) is 6.20 Å². The fourth-order valence-electron chi connectivity index (χ4n) is 1.61. The topological polar surface area (TPSA) is 95.1 Å². The van der Waals surface area contributed by atoms with Gasteiger partial charge in [0.15, 0.2) is 5.78 Å². The van der Waals surface area contributed by atoms with Crippen molar-refractivity contribution in [3.8, 4) is 0 Å². The third kappa shape index (κ3) is 3.45. The molecule has 0 aliphatic heterocycles. The van der Waals surface area contributed by atoms with Gasteiger partial charge in [-0.3, -0.25) is 19.5 Å². The zero-order valence-corrected chi connectivity index (χ0v) is 11.8. The maximum atomic E-state index is 12.1. The zero-order valence-electron chi connectivity index (χ0n) is 10.3. The lowest BCUT2D eigenvalue weighted by molar-refractivity contribution is -0.385. The highest BCUT2D eigenvalue weighted by Crippen LogP contribution is 2.21. The summed E-state index contributed by atoms with van der Waals surface area (Å²) in [6.07, 6.45) is 1.79. The number of hydrogen-bond acceptors (Lipinski definition) is 5. The Hall–Kier alpha value is -2.25. The van der Waals surface area contributed by atoms with Crippen molar-refractivity contribution >= 4 is 34.7 Å². The van der Waals surface area contributed by atoms with Gasteiger partial charge in [-0.2, -0.15) is 4.98 Å². The highest BCUT2D eigenvalue weighted by Gasteiger charge is 2.15. The highest BCUT2D eigenvalue weighted by molar-refractivity contribution is 6.36. The van der Waals surface area contributed by atoms with Gasteiger partial charge < -0.3 is 0 Å². The summed E-state index contributed by atoms with van der Waals surface area (Å²) < 4.78 is 0.853. The molecule has 108 valence electrons. The smallest absolute Gasteiger partial charge is 0.292 e. The van der Waals surface area contributed by atoms with Crippen LogP contribution in [-0.2, 0) is 6.54 Å². The summed E-state index contributed by atoms with van der Waals surface area (Å²) in [7, 11) is 0. The van der Waals surface area contributed by atoms with Crippen molar-refractivity contribution in [1.82, 2.24) is 9.55 Å². The second-order valence-corrected chi connectivity index (χ2v) is 4.87. The molecule has 0 saturated carbocycles. The van der Waals surface area contributed by atoms with Crippen LogP contribution in [0.3, 0.4) is 0 Å². The minimum atomic E-state index is -0.765. The molecule has 0 aliphatic carbocycles. The van der Waals surface area contributed by atoms with E-state index in [9.17, 15) is 19.7 Å². The minimum absolute atomic E-state index is 0.138. The van der Waals surface area contributed by atoms with Crippen LogP contribution in [0.25, 0.3) is 0 Å². The maximum Gasteiger partial charge on any atom is 0.348 e. The lowest BCUT2D eigenvalue weighted by atomic mass is 10.1. The molecular formula is C12H7Cl2N3O4. The molecule has 0 unspecified atom stereocenters. The number of aromatic nitrogens is 2. The van der Waals surface area contributed by atoms with Crippen LogP contribution in [0, 0.1) is 10.1 Å². The fraction of sp³-hybridized carbons (Fsp3) is 0.0833. The molecule has 2 aromatic rings. The molecular weight excluding hydrogens is 321 g/mol. The van der Waals surface area contributed by atoms with E-state index in [0.29, 0.717) is 5.02 Å². The second-order valence-electron chi connectivity index (χ2n) is 4.03. The van der Waals surface area contributed by atoms with Crippen molar-refractivity contribution in [3.05, 3.63) is 66.8 Å². The molecule has 0 N–H and O–H groups in total. The van der Waals surface area contributed by atoms with Crippen LogP contribution in [-0.4, -0.2) is 20.3 Å². The molecule has 0 atom stereocenters. The van der Waals surface area contributed by atoms with Gasteiger partial charge in [0.2, 0.25) is 0 Å². The number of rotatable bonds is 4. The van der Waals surface area contributed by atoms with Crippen molar-refractivity contribution in [2.75, 3.05) is 0 Å². The van der Waals surface area contributed by atoms with Crippen LogP contribution in [0.2, 0.25) is 10.0 Å². The van der Waals surface area contributed by atoms with E-state index in [1.54, 1.807) is 0 Å². The summed E-state index contributed by atoms with van der Waals surface area (Å²) in [5.74, 6) is -0.485. The van der Waals surface area contributed by atoms with Gasteiger partial charge in [0, 0.05) is 10.6 Å². The van der Waals surface area contributed by atoms with E-state index in [1.807, 2.05) is 0 Å². The molecule has 21 heavy (non-hydrogen) atoms. The molecule has 9 heteroatoms. The van der Waals surface area contributed by atoms with Gasteiger partial charge in [0.05, 0.1) is 22.7 Å². The van der Waals surface area contributed by atoms with E-state index in [2.05, 4.69) is 4.98 Å². The number of ketones is 1. The van der Waals surface area contributed by atoms with Crippen molar-refractivity contribution in [2.45, 2.75) is 6.54 Å². The summed E-state index contributed by atoms with van der Waals surface area (Å²) >= 11 is 11.6. The number of halogens is 2. The molecule has 0 amide bonds. The van der Waals surface area contributed by atoms with Gasteiger partial charge in [-0.1, -0.05) is 23.2 Å². The van der Waals surface area contributed by atoms with Crippen LogP contribution in [0.4, 0.5) is 5.69 Å². The van der Waals surface area contributed by atoms with Gasteiger partial charge in [0.25, 0.3) is 0 Å². The Morgan fingerprint density at radius 1 is 1.38 bits per heavy atom. The normalized spacial score (nSPS) is 10.4. The molecule has 2 rings (SSSR count). The Morgan fingerprint density at radius 2 is 2.10 bits per heavy atom. The SMILES string of the molecule is O=C(Cn1cc([N+](=O)[O-])cnc1=O)c1ccc(Cl)cc1Cl. The fourth-order valence-corrected chi connectivity index (χ4v) is 2.12. The number of carbonyl (C=O) groups is 1. The second kappa shape index (κ2) is 6.02. The Bertz CT molecular complexity index is 788. The monoisotopic (exact) mass is 327 g/mol. The third-order valence-corrected chi connectivity index (χ3v) is 3.15. The summed E-state index contributed by atoms with van der Waals surface area (Å²) in [5, 5.41) is 11.1. The van der Waals surface area contributed by atoms with E-state index >= 15 is 0 Å². The lowest BCUT2D eigenvalue weighted by Crippen LogP contribution is -2.26. The maximum absolute atomic E-state index is 12.1. The molecule has 0 bridgehead atoms. The molecule has 7 nitrogen and oxygen atoms in total. The Labute approximate surface area is 127 Å². The first kappa shape index (κ1) is 15.1. The predicted molar refractivity (Wildman–Crippen MR) is 75.9 cm³/mol. The summed E-state index contributed by atoms with van der Waals surface area (Å²) in [6, 6.07) is 4.29. The number of Topliss-reactive ketones (excluding diaryl/α,β-unsaturated/α-hetero) is 1. The van der Waals surface area contributed by atoms with Crippen LogP contribution in [0.1, 0.15) is 10.4 Å². The van der Waals surface area contributed by atoms with Gasteiger partial charge in [-0.25, -0.2) is 4.79 Å². The van der Waals surface area contributed by atoms with Gasteiger partial charge >= 0.3 is 11.4 Å². The summed E-state index contributed by atoms with van der Waals surface area (Å²) in [6.45, 7) is -0.408. The minimum Gasteiger partial charge on any atom is -0.292 e. The first-order valence-electron chi connectivity index (χ1n) is 5.57. The van der Waals surface area contributed by atoms with Crippen LogP contribution in [0.15, 0.2) is 35.4 Å². The number of nitrogens with zero attached hydrogens (tertiary/aromatic N) is 3. The van der Waals surface area contributed by atoms with E-state index in [1.165, 1.54) is 18.2 Å². The summed E-state index contributed by atoms with van der Waals surface area (Å²) in [5.41, 5.74) is -0.983. The number of carbonyl (C=O) groups excluding carboxylic acids is 1. The average Bonchev–Trinajstić information content (AvgIpc) is 2.40. The predicted octanol–water partition coefficient (Wildman–Crippen LogP) is 2.34. The lowest BCUT2D eigenvalue weighted by Gasteiger charge is -2.06. The Morgan fingerprint density at radius 3 is 2.71 bits per heavy atom. The zero-order chi connectivity index (χ0) is 15.6. The Balaban J connectivity index is 2.33. The highest BCUT2D eigenvalue weighted by atomic mass is 35.5. The van der Waals surface area contributed by atoms with Crippen molar-refractivity contribution in [1.29, 1.82) is 0 Å². The van der Waals surface area contributed by atoms with E-state index < -0.39 is 22.9 Å². The first-order chi connectivity index (χ1) is 9.88. The molecule has 0 saturated heterocycles. The quantitative estimate of drug-likeness (QED) is 0.488. The number of nitro groups is 1. The van der Waals surface area contributed by atoms with Crippen molar-refractivity contribution in [2.24, 2.45) is 0 Å². The van der Waals surface area contributed by atoms with E-state index in [0.717, 1.165) is 17.0 Å². The van der Waals surface area contributed by atoms with Crippen molar-refractivity contribution in [3.63, 3.8) is 0 Å². The summed E-state index contributed by atoms with van der Waals surface area (Å²) in [4.78, 5) is 36.9. The molecule has 1 aromatic heterocycles. The van der Waals surface area contributed by atoms with E-state index in [-0.39, 0.29) is 16.3 Å². The number of benzene rings is 1. The third-order valence-electron chi connectivity index (χ3n) is 2.60. The molecule has 1 heterocycles. The standard InChI is InChI=1S/C12H7Cl2N3O4/c13-7-1-2-9(10(14)3-7)11(18)6-16-5-8(17(20)21)4-15-12(16)19/h1-5H,6H2. The van der Waals surface area contributed by atoms with Crippen LogP contribution >= 0.6 is 23.2 Å².